The van der Waals surface area contributed by atoms with Gasteiger partial charge in [0.15, 0.2) is 0 Å². The van der Waals surface area contributed by atoms with Crippen molar-refractivity contribution in [3.05, 3.63) is 0 Å². The van der Waals surface area contributed by atoms with Gasteiger partial charge in [-0.05, 0) is 50.9 Å². The van der Waals surface area contributed by atoms with E-state index in [-0.39, 0.29) is 11.8 Å². The molecule has 0 aromatic heterocycles. The monoisotopic (exact) mass is 352 g/mol. The third-order valence-electron chi connectivity index (χ3n) is 5.87. The number of likely N-dealkylation sites (N-methyl/N-ethyl adjacent to an activating group) is 1. The Morgan fingerprint density at radius 2 is 1.68 bits per heavy atom. The molecular formula is C19H36N4O2. The molecule has 2 saturated heterocycles. The number of piperazine rings is 1. The van der Waals surface area contributed by atoms with Crippen LogP contribution in [0.3, 0.4) is 0 Å². The number of nitrogens with one attached hydrogen (secondary N) is 1. The van der Waals surface area contributed by atoms with Crippen molar-refractivity contribution in [1.82, 2.24) is 20.0 Å². The van der Waals surface area contributed by atoms with E-state index in [9.17, 15) is 9.59 Å². The maximum atomic E-state index is 12.6. The molecule has 0 aliphatic carbocycles. The molecule has 1 N–H and O–H groups in total. The molecule has 0 aromatic rings. The molecule has 144 valence electrons. The number of rotatable bonds is 7. The van der Waals surface area contributed by atoms with Gasteiger partial charge >= 0.3 is 0 Å². The van der Waals surface area contributed by atoms with Gasteiger partial charge in [-0.15, -0.1) is 0 Å². The number of carbonyl (C=O) groups excluding carboxylic acids is 2. The van der Waals surface area contributed by atoms with Crippen LogP contribution in [0.4, 0.5) is 0 Å². The molecule has 0 aromatic carbocycles. The minimum Gasteiger partial charge on any atom is -0.339 e. The molecule has 0 radical (unpaired) electrons. The van der Waals surface area contributed by atoms with Gasteiger partial charge < -0.3 is 15.1 Å². The second-order valence-corrected chi connectivity index (χ2v) is 7.51. The van der Waals surface area contributed by atoms with E-state index in [1.165, 1.54) is 12.8 Å². The summed E-state index contributed by atoms with van der Waals surface area (Å²) in [4.78, 5) is 31.0. The molecule has 2 unspecified atom stereocenters. The van der Waals surface area contributed by atoms with Crippen LogP contribution in [-0.4, -0.2) is 85.4 Å². The molecule has 6 nitrogen and oxygen atoms in total. The molecule has 6 heteroatoms. The summed E-state index contributed by atoms with van der Waals surface area (Å²) in [6, 6.07) is 0. The Hall–Kier alpha value is -1.14. The number of piperidine rings is 1. The quantitative estimate of drug-likeness (QED) is 0.743. The number of amides is 2. The summed E-state index contributed by atoms with van der Waals surface area (Å²) >= 11 is 0. The van der Waals surface area contributed by atoms with Crippen molar-refractivity contribution in [2.45, 2.75) is 40.0 Å². The van der Waals surface area contributed by atoms with E-state index in [1.807, 2.05) is 9.80 Å². The molecule has 0 bridgehead atoms. The Bertz CT molecular complexity index is 425. The number of nitrogens with zero attached hydrogens (tertiary/aromatic N) is 3. The topological polar surface area (TPSA) is 55.9 Å². The zero-order valence-electron chi connectivity index (χ0n) is 16.3. The normalized spacial score (nSPS) is 23.0. The predicted octanol–water partition coefficient (Wildman–Crippen LogP) is 1.02. The van der Waals surface area contributed by atoms with E-state index >= 15 is 0 Å². The molecule has 2 heterocycles. The van der Waals surface area contributed by atoms with Crippen LogP contribution in [0, 0.1) is 11.8 Å². The summed E-state index contributed by atoms with van der Waals surface area (Å²) in [6.45, 7) is 13.5. The minimum atomic E-state index is 0.192. The maximum Gasteiger partial charge on any atom is 0.236 e. The van der Waals surface area contributed by atoms with Crippen LogP contribution in [0.15, 0.2) is 0 Å². The van der Waals surface area contributed by atoms with Gasteiger partial charge in [-0.3, -0.25) is 14.5 Å². The first kappa shape index (κ1) is 20.2. The van der Waals surface area contributed by atoms with Gasteiger partial charge in [0.2, 0.25) is 11.8 Å². The Labute approximate surface area is 152 Å². The van der Waals surface area contributed by atoms with E-state index in [4.69, 9.17) is 0 Å². The molecule has 0 spiro atoms. The summed E-state index contributed by atoms with van der Waals surface area (Å²) in [5.74, 6) is 1.50. The zero-order valence-corrected chi connectivity index (χ0v) is 16.3. The predicted molar refractivity (Wildman–Crippen MR) is 100 cm³/mol. The SMILES string of the molecule is CCN(CC)CC(=O)N1CCN(C(=O)CC(C)C2CCCNC2)CC1. The Kier molecular flexibility index (Phi) is 8.16. The lowest BCUT2D eigenvalue weighted by molar-refractivity contribution is -0.140. The van der Waals surface area contributed by atoms with E-state index in [0.29, 0.717) is 51.0 Å². The third-order valence-corrected chi connectivity index (χ3v) is 5.87. The second-order valence-electron chi connectivity index (χ2n) is 7.51. The van der Waals surface area contributed by atoms with Gasteiger partial charge in [0.25, 0.3) is 0 Å². The highest BCUT2D eigenvalue weighted by molar-refractivity contribution is 5.79. The smallest absolute Gasteiger partial charge is 0.236 e. The van der Waals surface area contributed by atoms with Gasteiger partial charge in [-0.1, -0.05) is 20.8 Å². The van der Waals surface area contributed by atoms with Crippen molar-refractivity contribution >= 4 is 11.8 Å². The van der Waals surface area contributed by atoms with Crippen molar-refractivity contribution in [3.63, 3.8) is 0 Å². The first-order valence-electron chi connectivity index (χ1n) is 10.0. The zero-order chi connectivity index (χ0) is 18.2. The standard InChI is InChI=1S/C19H36N4O2/c1-4-21(5-2)15-19(25)23-11-9-22(10-12-23)18(24)13-16(3)17-7-6-8-20-14-17/h16-17,20H,4-15H2,1-3H3. The van der Waals surface area contributed by atoms with Crippen molar-refractivity contribution in [2.24, 2.45) is 11.8 Å². The molecule has 2 rings (SSSR count). The number of hydrogen-bond acceptors (Lipinski definition) is 4. The van der Waals surface area contributed by atoms with E-state index < -0.39 is 0 Å². The first-order valence-corrected chi connectivity index (χ1v) is 10.0. The van der Waals surface area contributed by atoms with E-state index in [2.05, 4.69) is 31.0 Å². The molecule has 2 aliphatic rings. The third kappa shape index (κ3) is 5.96. The lowest BCUT2D eigenvalue weighted by Crippen LogP contribution is -2.53. The van der Waals surface area contributed by atoms with Crippen molar-refractivity contribution in [2.75, 3.05) is 58.9 Å². The van der Waals surface area contributed by atoms with Crippen LogP contribution >= 0.6 is 0 Å². The molecule has 2 amide bonds. The van der Waals surface area contributed by atoms with Crippen LogP contribution in [0.5, 0.6) is 0 Å². The Morgan fingerprint density at radius 1 is 1.08 bits per heavy atom. The highest BCUT2D eigenvalue weighted by Crippen LogP contribution is 2.23. The summed E-state index contributed by atoms with van der Waals surface area (Å²) in [6.07, 6.45) is 3.09. The fourth-order valence-electron chi connectivity index (χ4n) is 3.88. The van der Waals surface area contributed by atoms with Crippen LogP contribution in [0.25, 0.3) is 0 Å². The van der Waals surface area contributed by atoms with Gasteiger partial charge in [0.05, 0.1) is 6.54 Å². The Morgan fingerprint density at radius 3 is 2.20 bits per heavy atom. The van der Waals surface area contributed by atoms with Crippen LogP contribution < -0.4 is 5.32 Å². The van der Waals surface area contributed by atoms with Gasteiger partial charge in [-0.25, -0.2) is 0 Å². The summed E-state index contributed by atoms with van der Waals surface area (Å²) in [7, 11) is 0. The van der Waals surface area contributed by atoms with E-state index in [1.54, 1.807) is 0 Å². The maximum absolute atomic E-state index is 12.6. The molecular weight excluding hydrogens is 316 g/mol. The Balaban J connectivity index is 1.73. The van der Waals surface area contributed by atoms with Crippen LogP contribution in [-0.2, 0) is 9.59 Å². The summed E-state index contributed by atoms with van der Waals surface area (Å²) in [5.41, 5.74) is 0. The molecule has 0 saturated carbocycles. The average Bonchev–Trinajstić information content (AvgIpc) is 2.66. The number of carbonyl (C=O) groups is 2. The highest BCUT2D eigenvalue weighted by Gasteiger charge is 2.28. The lowest BCUT2D eigenvalue weighted by Gasteiger charge is -2.37. The highest BCUT2D eigenvalue weighted by atomic mass is 16.2. The molecule has 2 atom stereocenters. The van der Waals surface area contributed by atoms with Crippen molar-refractivity contribution in [3.8, 4) is 0 Å². The lowest BCUT2D eigenvalue weighted by atomic mass is 9.85. The molecule has 2 fully saturated rings. The fraction of sp³-hybridized carbons (Fsp3) is 0.895. The van der Waals surface area contributed by atoms with Crippen LogP contribution in [0.2, 0.25) is 0 Å². The van der Waals surface area contributed by atoms with Gasteiger partial charge in [0.1, 0.15) is 0 Å². The van der Waals surface area contributed by atoms with Gasteiger partial charge in [-0.2, -0.15) is 0 Å². The summed E-state index contributed by atoms with van der Waals surface area (Å²) < 4.78 is 0. The van der Waals surface area contributed by atoms with Crippen molar-refractivity contribution in [1.29, 1.82) is 0 Å². The average molecular weight is 353 g/mol. The second kappa shape index (κ2) is 10.1. The number of hydrogen-bond donors (Lipinski definition) is 1. The van der Waals surface area contributed by atoms with Crippen molar-refractivity contribution < 1.29 is 9.59 Å². The fourth-order valence-corrected chi connectivity index (χ4v) is 3.88. The van der Waals surface area contributed by atoms with Gasteiger partial charge in [0, 0.05) is 32.6 Å². The summed E-state index contributed by atoms with van der Waals surface area (Å²) in [5, 5.41) is 3.44. The molecule has 2 aliphatic heterocycles. The largest absolute Gasteiger partial charge is 0.339 e. The first-order chi connectivity index (χ1) is 12.0. The van der Waals surface area contributed by atoms with E-state index in [0.717, 1.165) is 26.2 Å². The molecule has 25 heavy (non-hydrogen) atoms. The van der Waals surface area contributed by atoms with Crippen LogP contribution in [0.1, 0.15) is 40.0 Å². The minimum absolute atomic E-state index is 0.192.